The van der Waals surface area contributed by atoms with Crippen molar-refractivity contribution in [1.82, 2.24) is 0 Å². The Morgan fingerprint density at radius 3 is 2.64 bits per heavy atom. The summed E-state index contributed by atoms with van der Waals surface area (Å²) in [5.74, 6) is 0.817. The van der Waals surface area contributed by atoms with Crippen LogP contribution in [0.2, 0.25) is 5.02 Å². The Labute approximate surface area is 181 Å². The summed E-state index contributed by atoms with van der Waals surface area (Å²) < 4.78 is 6.56. The fraction of sp³-hybridized carbons (Fsp3) is 0.348. The number of hydrogen-bond donors (Lipinski definition) is 0. The molecule has 5 heteroatoms. The smallest absolute Gasteiger partial charge is 0.129 e. The van der Waals surface area contributed by atoms with Gasteiger partial charge in [0.25, 0.3) is 0 Å². The van der Waals surface area contributed by atoms with E-state index >= 15 is 0 Å². The number of methoxy groups -OCH3 is 1. The SMILES string of the molecule is CCCN1c2cc(OC)c(C=Nc3ccc(Br)c(Cl)c3)cc2C(C)=CC1(C)C. The van der Waals surface area contributed by atoms with Crippen LogP contribution in [-0.4, -0.2) is 25.4 Å². The molecule has 2 aromatic carbocycles. The van der Waals surface area contributed by atoms with Gasteiger partial charge >= 0.3 is 0 Å². The first-order chi connectivity index (χ1) is 13.3. The number of ether oxygens (including phenoxy) is 1. The summed E-state index contributed by atoms with van der Waals surface area (Å²) in [7, 11) is 1.70. The van der Waals surface area contributed by atoms with Crippen LogP contribution in [-0.2, 0) is 0 Å². The van der Waals surface area contributed by atoms with Crippen molar-refractivity contribution in [3.63, 3.8) is 0 Å². The number of aliphatic imine (C=N–C) groups is 1. The van der Waals surface area contributed by atoms with Crippen molar-refractivity contribution in [2.45, 2.75) is 39.7 Å². The maximum Gasteiger partial charge on any atom is 0.129 e. The van der Waals surface area contributed by atoms with Crippen LogP contribution in [0, 0.1) is 0 Å². The quantitative estimate of drug-likeness (QED) is 0.437. The molecular formula is C23H26BrClN2O. The van der Waals surface area contributed by atoms with Gasteiger partial charge in [0.1, 0.15) is 5.75 Å². The second-order valence-electron chi connectivity index (χ2n) is 7.60. The molecule has 1 heterocycles. The number of allylic oxidation sites excluding steroid dienone is 1. The first kappa shape index (κ1) is 20.9. The van der Waals surface area contributed by atoms with E-state index in [0.717, 1.165) is 34.4 Å². The Morgan fingerprint density at radius 2 is 2.00 bits per heavy atom. The number of fused-ring (bicyclic) bond motifs is 1. The molecule has 0 spiro atoms. The van der Waals surface area contributed by atoms with Crippen molar-refractivity contribution in [2.75, 3.05) is 18.6 Å². The zero-order chi connectivity index (χ0) is 20.5. The molecule has 0 atom stereocenters. The lowest BCUT2D eigenvalue weighted by molar-refractivity contribution is 0.413. The molecule has 3 nitrogen and oxygen atoms in total. The van der Waals surface area contributed by atoms with E-state index < -0.39 is 0 Å². The maximum atomic E-state index is 6.18. The molecule has 2 aromatic rings. The largest absolute Gasteiger partial charge is 0.496 e. The van der Waals surface area contributed by atoms with E-state index in [1.807, 2.05) is 24.4 Å². The minimum atomic E-state index is -0.0259. The van der Waals surface area contributed by atoms with Gasteiger partial charge in [-0.2, -0.15) is 0 Å². The summed E-state index contributed by atoms with van der Waals surface area (Å²) in [5, 5.41) is 0.642. The fourth-order valence-electron chi connectivity index (χ4n) is 3.74. The van der Waals surface area contributed by atoms with Crippen LogP contribution in [0.4, 0.5) is 11.4 Å². The number of anilines is 1. The molecule has 0 bridgehead atoms. The average molecular weight is 462 g/mol. The summed E-state index contributed by atoms with van der Waals surface area (Å²) in [5.41, 5.74) is 5.44. The Hall–Kier alpha value is -1.78. The molecular weight excluding hydrogens is 436 g/mol. The van der Waals surface area contributed by atoms with Crippen LogP contribution in [0.1, 0.15) is 45.2 Å². The van der Waals surface area contributed by atoms with Crippen LogP contribution < -0.4 is 9.64 Å². The molecule has 148 valence electrons. The Kier molecular flexibility index (Phi) is 6.21. The monoisotopic (exact) mass is 460 g/mol. The van der Waals surface area contributed by atoms with E-state index in [2.05, 4.69) is 71.7 Å². The molecule has 0 N–H and O–H groups in total. The van der Waals surface area contributed by atoms with Crippen molar-refractivity contribution in [1.29, 1.82) is 0 Å². The van der Waals surface area contributed by atoms with Crippen LogP contribution in [0.15, 0.2) is 45.9 Å². The van der Waals surface area contributed by atoms with Crippen LogP contribution >= 0.6 is 27.5 Å². The first-order valence-electron chi connectivity index (χ1n) is 9.45. The number of nitrogens with zero attached hydrogens (tertiary/aromatic N) is 2. The topological polar surface area (TPSA) is 24.8 Å². The van der Waals surface area contributed by atoms with Crippen LogP contribution in [0.5, 0.6) is 5.75 Å². The molecule has 0 aromatic heterocycles. The first-order valence-corrected chi connectivity index (χ1v) is 10.6. The van der Waals surface area contributed by atoms with Gasteiger partial charge in [-0.15, -0.1) is 0 Å². The molecule has 0 aliphatic carbocycles. The molecule has 3 rings (SSSR count). The Balaban J connectivity index is 2.06. The maximum absolute atomic E-state index is 6.18. The van der Waals surface area contributed by atoms with Crippen LogP contribution in [0.25, 0.3) is 5.57 Å². The van der Waals surface area contributed by atoms with Gasteiger partial charge in [-0.1, -0.05) is 24.6 Å². The third-order valence-corrected chi connectivity index (χ3v) is 6.26. The van der Waals surface area contributed by atoms with E-state index in [9.17, 15) is 0 Å². The van der Waals surface area contributed by atoms with E-state index in [0.29, 0.717) is 5.02 Å². The van der Waals surface area contributed by atoms with Crippen molar-refractivity contribution in [3.8, 4) is 5.75 Å². The molecule has 28 heavy (non-hydrogen) atoms. The number of benzene rings is 2. The van der Waals surface area contributed by atoms with E-state index in [1.54, 1.807) is 7.11 Å². The molecule has 0 saturated heterocycles. The summed E-state index contributed by atoms with van der Waals surface area (Å²) in [6, 6.07) is 9.97. The minimum Gasteiger partial charge on any atom is -0.496 e. The van der Waals surface area contributed by atoms with Gasteiger partial charge in [0.15, 0.2) is 0 Å². The summed E-state index contributed by atoms with van der Waals surface area (Å²) in [6.45, 7) is 9.90. The molecule has 0 fully saturated rings. The number of halogens is 2. The van der Waals surface area contributed by atoms with Gasteiger partial charge in [0, 0.05) is 40.1 Å². The van der Waals surface area contributed by atoms with Gasteiger partial charge in [0.2, 0.25) is 0 Å². The van der Waals surface area contributed by atoms with Gasteiger partial charge in [-0.3, -0.25) is 4.99 Å². The predicted molar refractivity (Wildman–Crippen MR) is 125 cm³/mol. The average Bonchev–Trinajstić information content (AvgIpc) is 2.65. The zero-order valence-electron chi connectivity index (χ0n) is 17.0. The fourth-order valence-corrected chi connectivity index (χ4v) is 4.16. The van der Waals surface area contributed by atoms with Crippen LogP contribution in [0.3, 0.4) is 0 Å². The molecule has 0 unspecified atom stereocenters. The van der Waals surface area contributed by atoms with E-state index in [-0.39, 0.29) is 5.54 Å². The van der Waals surface area contributed by atoms with E-state index in [1.165, 1.54) is 16.8 Å². The summed E-state index contributed by atoms with van der Waals surface area (Å²) >= 11 is 9.59. The molecule has 0 amide bonds. The highest BCUT2D eigenvalue weighted by molar-refractivity contribution is 9.10. The third kappa shape index (κ3) is 4.13. The minimum absolute atomic E-state index is 0.0259. The summed E-state index contributed by atoms with van der Waals surface area (Å²) in [6.07, 6.45) is 5.27. The summed E-state index contributed by atoms with van der Waals surface area (Å²) in [4.78, 5) is 7.05. The van der Waals surface area contributed by atoms with Crippen molar-refractivity contribution < 1.29 is 4.74 Å². The standard InChI is InChI=1S/C23H26BrClN2O/c1-6-9-27-21-12-22(28-5)16(10-18(21)15(2)13-23(27,3)4)14-26-17-7-8-19(24)20(25)11-17/h7-8,10-14H,6,9H2,1-5H3. The highest BCUT2D eigenvalue weighted by Gasteiger charge is 2.31. The zero-order valence-corrected chi connectivity index (χ0v) is 19.4. The number of rotatable bonds is 5. The number of hydrogen-bond acceptors (Lipinski definition) is 3. The van der Waals surface area contributed by atoms with Gasteiger partial charge < -0.3 is 9.64 Å². The molecule has 0 saturated carbocycles. The normalized spacial score (nSPS) is 15.5. The Morgan fingerprint density at radius 1 is 1.25 bits per heavy atom. The molecule has 1 aliphatic heterocycles. The Bertz CT molecular complexity index is 950. The predicted octanol–water partition coefficient (Wildman–Crippen LogP) is 7.27. The van der Waals surface area contributed by atoms with Gasteiger partial charge in [-0.05, 0) is 73.0 Å². The van der Waals surface area contributed by atoms with Crippen molar-refractivity contribution in [2.24, 2.45) is 4.99 Å². The third-order valence-electron chi connectivity index (χ3n) is 5.03. The lowest BCUT2D eigenvalue weighted by Crippen LogP contribution is -2.45. The van der Waals surface area contributed by atoms with Crippen molar-refractivity contribution >= 4 is 50.7 Å². The molecule has 1 aliphatic rings. The lowest BCUT2D eigenvalue weighted by atomic mass is 9.87. The highest BCUT2D eigenvalue weighted by atomic mass is 79.9. The van der Waals surface area contributed by atoms with Gasteiger partial charge in [-0.25, -0.2) is 0 Å². The second kappa shape index (κ2) is 8.30. The van der Waals surface area contributed by atoms with Crippen molar-refractivity contribution in [3.05, 3.63) is 57.0 Å². The second-order valence-corrected chi connectivity index (χ2v) is 8.86. The molecule has 0 radical (unpaired) electrons. The van der Waals surface area contributed by atoms with E-state index in [4.69, 9.17) is 16.3 Å². The van der Waals surface area contributed by atoms with Gasteiger partial charge in [0.05, 0.1) is 23.4 Å². The highest BCUT2D eigenvalue weighted by Crippen LogP contribution is 2.42. The lowest BCUT2D eigenvalue weighted by Gasteiger charge is -2.43.